The first-order chi connectivity index (χ1) is 14.2. The van der Waals surface area contributed by atoms with Gasteiger partial charge in [-0.25, -0.2) is 4.39 Å². The van der Waals surface area contributed by atoms with Crippen LogP contribution >= 0.6 is 0 Å². The minimum absolute atomic E-state index is 0.105. The Morgan fingerprint density at radius 2 is 2.00 bits per heavy atom. The molecule has 1 aliphatic rings. The Balaban J connectivity index is 1.44. The van der Waals surface area contributed by atoms with Crippen LogP contribution in [0.15, 0.2) is 47.0 Å². The van der Waals surface area contributed by atoms with Crippen molar-refractivity contribution in [2.45, 2.75) is 32.0 Å². The maximum atomic E-state index is 13.4. The minimum Gasteiger partial charge on any atom is -0.490 e. The van der Waals surface area contributed by atoms with Crippen molar-refractivity contribution in [1.82, 2.24) is 5.16 Å². The minimum atomic E-state index is -4.86. The molecule has 1 aromatic heterocycles. The van der Waals surface area contributed by atoms with Gasteiger partial charge in [0.25, 0.3) is 0 Å². The summed E-state index contributed by atoms with van der Waals surface area (Å²) < 4.78 is 62.7. The molecule has 9 heteroatoms. The van der Waals surface area contributed by atoms with E-state index in [1.807, 2.05) is 25.1 Å². The van der Waals surface area contributed by atoms with Gasteiger partial charge >= 0.3 is 6.18 Å². The van der Waals surface area contributed by atoms with Crippen molar-refractivity contribution < 1.29 is 31.6 Å². The van der Waals surface area contributed by atoms with E-state index in [4.69, 9.17) is 9.26 Å². The number of carbonyl (C=O) groups excluding carboxylic acids is 1. The van der Waals surface area contributed by atoms with Gasteiger partial charge in [0, 0.05) is 23.7 Å². The maximum Gasteiger partial charge on any atom is 0.419 e. The summed E-state index contributed by atoms with van der Waals surface area (Å²) >= 11 is 0. The average molecular weight is 420 g/mol. The lowest BCUT2D eigenvalue weighted by Gasteiger charge is -2.10. The molecule has 2 aromatic carbocycles. The molecule has 5 nitrogen and oxygen atoms in total. The first-order valence-corrected chi connectivity index (χ1v) is 9.11. The van der Waals surface area contributed by atoms with Crippen molar-refractivity contribution in [2.24, 2.45) is 0 Å². The van der Waals surface area contributed by atoms with Crippen LogP contribution in [0.25, 0.3) is 11.3 Å². The lowest BCUT2D eigenvalue weighted by molar-refractivity contribution is -0.140. The lowest BCUT2D eigenvalue weighted by atomic mass is 10.1. The Morgan fingerprint density at radius 3 is 2.77 bits per heavy atom. The number of carbonyl (C=O) groups is 1. The molecule has 0 radical (unpaired) electrons. The Morgan fingerprint density at radius 1 is 1.20 bits per heavy atom. The third kappa shape index (κ3) is 4.14. The molecule has 30 heavy (non-hydrogen) atoms. The fourth-order valence-corrected chi connectivity index (χ4v) is 3.30. The number of anilines is 1. The number of hydrogen-bond acceptors (Lipinski definition) is 4. The van der Waals surface area contributed by atoms with Gasteiger partial charge in [0.1, 0.15) is 17.7 Å². The number of nitrogens with zero attached hydrogens (tertiary/aromatic N) is 1. The number of alkyl halides is 3. The zero-order chi connectivity index (χ0) is 21.5. The number of halogens is 4. The number of fused-ring (bicyclic) bond motifs is 1. The van der Waals surface area contributed by atoms with Gasteiger partial charge in [-0.1, -0.05) is 5.16 Å². The van der Waals surface area contributed by atoms with Crippen LogP contribution in [0.4, 0.5) is 23.2 Å². The van der Waals surface area contributed by atoms with E-state index in [2.05, 4.69) is 10.5 Å². The molecule has 1 unspecified atom stereocenters. The molecule has 4 rings (SSSR count). The van der Waals surface area contributed by atoms with Crippen LogP contribution in [-0.4, -0.2) is 17.2 Å². The predicted octanol–water partition coefficient (Wildman–Crippen LogP) is 5.00. The smallest absolute Gasteiger partial charge is 0.419 e. The average Bonchev–Trinajstić information content (AvgIpc) is 3.27. The zero-order valence-electron chi connectivity index (χ0n) is 15.7. The lowest BCUT2D eigenvalue weighted by Crippen LogP contribution is -2.16. The van der Waals surface area contributed by atoms with Gasteiger partial charge in [-0.3, -0.25) is 4.79 Å². The number of aromatic nitrogens is 1. The van der Waals surface area contributed by atoms with E-state index in [0.29, 0.717) is 23.6 Å². The molecule has 1 N–H and O–H groups in total. The Bertz CT molecular complexity index is 1110. The van der Waals surface area contributed by atoms with Crippen molar-refractivity contribution in [3.05, 3.63) is 65.1 Å². The molecule has 3 aromatic rings. The Kier molecular flexibility index (Phi) is 4.97. The highest BCUT2D eigenvalue weighted by atomic mass is 19.4. The number of amides is 1. The second-order valence-corrected chi connectivity index (χ2v) is 7.05. The maximum absolute atomic E-state index is 13.4. The third-order valence-corrected chi connectivity index (χ3v) is 4.64. The quantitative estimate of drug-likeness (QED) is 0.603. The first-order valence-electron chi connectivity index (χ1n) is 9.11. The molecule has 2 heterocycles. The highest BCUT2D eigenvalue weighted by Crippen LogP contribution is 2.34. The SMILES string of the molecule is CC1Cc2cc(-c3cc(CC(=O)Nc4ccc(F)c(C(F)(F)F)c4)no3)ccc2O1. The van der Waals surface area contributed by atoms with E-state index >= 15 is 0 Å². The van der Waals surface area contributed by atoms with E-state index in [-0.39, 0.29) is 18.2 Å². The van der Waals surface area contributed by atoms with Crippen molar-refractivity contribution in [3.8, 4) is 17.1 Å². The van der Waals surface area contributed by atoms with Crippen LogP contribution in [0.2, 0.25) is 0 Å². The zero-order valence-corrected chi connectivity index (χ0v) is 15.7. The Hall–Kier alpha value is -3.36. The summed E-state index contributed by atoms with van der Waals surface area (Å²) in [5, 5.41) is 6.16. The van der Waals surface area contributed by atoms with E-state index in [9.17, 15) is 22.4 Å². The summed E-state index contributed by atoms with van der Waals surface area (Å²) in [5.74, 6) is -0.731. The van der Waals surface area contributed by atoms with Gasteiger partial charge in [0.15, 0.2) is 5.76 Å². The number of nitrogens with one attached hydrogen (secondary N) is 1. The second-order valence-electron chi connectivity index (χ2n) is 7.05. The Labute approximate surface area is 168 Å². The highest BCUT2D eigenvalue weighted by molar-refractivity contribution is 5.92. The summed E-state index contributed by atoms with van der Waals surface area (Å²) in [6.07, 6.45) is -4.18. The van der Waals surface area contributed by atoms with E-state index in [1.54, 1.807) is 6.07 Å². The predicted molar refractivity (Wildman–Crippen MR) is 99.5 cm³/mol. The first kappa shape index (κ1) is 19.9. The van der Waals surface area contributed by atoms with Gasteiger partial charge in [-0.2, -0.15) is 13.2 Å². The molecule has 1 aliphatic heterocycles. The summed E-state index contributed by atoms with van der Waals surface area (Å²) in [5.41, 5.74) is 0.529. The molecule has 1 atom stereocenters. The van der Waals surface area contributed by atoms with Crippen molar-refractivity contribution in [1.29, 1.82) is 0 Å². The standard InChI is InChI=1S/C21H16F4N2O3/c1-11-6-13-7-12(2-5-18(13)29-11)19-9-15(27-30-19)10-20(28)26-14-3-4-17(22)16(8-14)21(23,24)25/h2-5,7-9,11H,6,10H2,1H3,(H,26,28). The van der Waals surface area contributed by atoms with Crippen molar-refractivity contribution in [3.63, 3.8) is 0 Å². The topological polar surface area (TPSA) is 64.4 Å². The van der Waals surface area contributed by atoms with Gasteiger partial charge in [0.2, 0.25) is 5.91 Å². The van der Waals surface area contributed by atoms with Crippen LogP contribution in [0.5, 0.6) is 5.75 Å². The number of benzene rings is 2. The van der Waals surface area contributed by atoms with Crippen LogP contribution in [-0.2, 0) is 23.8 Å². The summed E-state index contributed by atoms with van der Waals surface area (Å²) in [6, 6.07) is 9.45. The second kappa shape index (κ2) is 7.47. The molecule has 0 spiro atoms. The molecular weight excluding hydrogens is 404 g/mol. The molecule has 0 saturated heterocycles. The van der Waals surface area contributed by atoms with Crippen LogP contribution in [0, 0.1) is 5.82 Å². The van der Waals surface area contributed by atoms with E-state index in [1.165, 1.54) is 0 Å². The molecular formula is C21H16F4N2O3. The molecule has 0 saturated carbocycles. The van der Waals surface area contributed by atoms with Crippen molar-refractivity contribution >= 4 is 11.6 Å². The van der Waals surface area contributed by atoms with Crippen LogP contribution in [0.1, 0.15) is 23.7 Å². The molecule has 0 bridgehead atoms. The monoisotopic (exact) mass is 420 g/mol. The summed E-state index contributed by atoms with van der Waals surface area (Å²) in [7, 11) is 0. The molecule has 0 aliphatic carbocycles. The van der Waals surface area contributed by atoms with E-state index < -0.39 is 23.5 Å². The number of ether oxygens (including phenoxy) is 1. The van der Waals surface area contributed by atoms with Gasteiger partial charge < -0.3 is 14.6 Å². The molecule has 0 fully saturated rings. The number of rotatable bonds is 4. The van der Waals surface area contributed by atoms with E-state index in [0.717, 1.165) is 29.4 Å². The molecule has 1 amide bonds. The van der Waals surface area contributed by atoms with Gasteiger partial charge in [-0.15, -0.1) is 0 Å². The van der Waals surface area contributed by atoms with Crippen molar-refractivity contribution in [2.75, 3.05) is 5.32 Å². The van der Waals surface area contributed by atoms with Crippen LogP contribution < -0.4 is 10.1 Å². The van der Waals surface area contributed by atoms with Crippen LogP contribution in [0.3, 0.4) is 0 Å². The normalized spacial score (nSPS) is 15.6. The van der Waals surface area contributed by atoms with Gasteiger partial charge in [0.05, 0.1) is 17.7 Å². The fourth-order valence-electron chi connectivity index (χ4n) is 3.30. The van der Waals surface area contributed by atoms with Gasteiger partial charge in [-0.05, 0) is 48.9 Å². The summed E-state index contributed by atoms with van der Waals surface area (Å²) in [6.45, 7) is 1.98. The third-order valence-electron chi connectivity index (χ3n) is 4.64. The fraction of sp³-hybridized carbons (Fsp3) is 0.238. The largest absolute Gasteiger partial charge is 0.490 e. The summed E-state index contributed by atoms with van der Waals surface area (Å²) in [4.78, 5) is 12.2. The number of hydrogen-bond donors (Lipinski definition) is 1. The highest BCUT2D eigenvalue weighted by Gasteiger charge is 2.34. The molecule has 156 valence electrons.